The molecule has 2 aromatic carbocycles. The molecule has 1 aliphatic heterocycles. The number of rotatable bonds is 8. The van der Waals surface area contributed by atoms with Crippen LogP contribution in [0.25, 0.3) is 10.9 Å². The number of aromatic nitrogens is 3. The number of halogens is 5. The molecule has 1 saturated heterocycles. The van der Waals surface area contributed by atoms with E-state index in [1.807, 2.05) is 0 Å². The lowest BCUT2D eigenvalue weighted by molar-refractivity contribution is -0.274. The van der Waals surface area contributed by atoms with Crippen molar-refractivity contribution in [1.82, 2.24) is 19.8 Å². The molecule has 4 aromatic rings. The molecule has 0 aliphatic carbocycles. The Bertz CT molecular complexity index is 1760. The maximum Gasteiger partial charge on any atom is 0.573 e. The summed E-state index contributed by atoms with van der Waals surface area (Å²) in [5.74, 6) is -3.94. The van der Waals surface area contributed by atoms with Crippen molar-refractivity contribution in [2.45, 2.75) is 31.5 Å². The molecule has 19 heteroatoms. The first-order valence-electron chi connectivity index (χ1n) is 12.9. The maximum atomic E-state index is 15.1. The van der Waals surface area contributed by atoms with Crippen molar-refractivity contribution in [1.29, 1.82) is 0 Å². The number of nitrogens with zero attached hydrogens (tertiary/aromatic N) is 5. The molecule has 4 N–H and O–H groups in total. The second kappa shape index (κ2) is 12.1. The van der Waals surface area contributed by atoms with Gasteiger partial charge in [0.05, 0.1) is 17.7 Å². The molecule has 3 heterocycles. The van der Waals surface area contributed by atoms with Gasteiger partial charge in [-0.25, -0.2) is 9.18 Å². The molecule has 0 saturated carbocycles. The van der Waals surface area contributed by atoms with Gasteiger partial charge in [-0.2, -0.15) is 5.10 Å². The van der Waals surface area contributed by atoms with E-state index in [-0.39, 0.29) is 28.1 Å². The summed E-state index contributed by atoms with van der Waals surface area (Å²) >= 11 is 0. The number of nitrogens with one attached hydrogen (secondary N) is 2. The van der Waals surface area contributed by atoms with E-state index in [1.54, 1.807) is 0 Å². The lowest BCUT2D eigenvalue weighted by atomic mass is 10.1. The molecule has 236 valence electrons. The fraction of sp³-hybridized carbons (Fsp3) is 0.231. The van der Waals surface area contributed by atoms with Gasteiger partial charge >= 0.3 is 12.4 Å². The second-order valence-electron chi connectivity index (χ2n) is 9.63. The average molecular weight is 636 g/mol. The molecule has 2 atom stereocenters. The largest absolute Gasteiger partial charge is 0.573 e. The fourth-order valence-electron chi connectivity index (χ4n) is 4.69. The Balaban J connectivity index is 1.34. The number of carbonyl (C=O) groups excluding carboxylic acids is 4. The molecule has 1 fully saturated rings. The van der Waals surface area contributed by atoms with E-state index in [0.717, 1.165) is 27.8 Å². The van der Waals surface area contributed by atoms with Gasteiger partial charge in [0.1, 0.15) is 30.8 Å². The van der Waals surface area contributed by atoms with Crippen LogP contribution in [0.1, 0.15) is 16.9 Å². The van der Waals surface area contributed by atoms with Gasteiger partial charge in [0, 0.05) is 29.6 Å². The summed E-state index contributed by atoms with van der Waals surface area (Å²) in [6.45, 7) is -1.22. The topological polar surface area (TPSA) is 178 Å². The highest BCUT2D eigenvalue weighted by Gasteiger charge is 2.43. The minimum atomic E-state index is -5.07. The van der Waals surface area contributed by atoms with Crippen molar-refractivity contribution < 1.29 is 50.5 Å². The highest BCUT2D eigenvalue weighted by Crippen LogP contribution is 2.30. The normalized spacial score (nSPS) is 16.4. The van der Waals surface area contributed by atoms with Crippen LogP contribution in [0.15, 0.2) is 59.3 Å². The van der Waals surface area contributed by atoms with Gasteiger partial charge in [0.25, 0.3) is 11.8 Å². The first-order chi connectivity index (χ1) is 21.3. The maximum absolute atomic E-state index is 15.1. The number of urea groups is 1. The summed E-state index contributed by atoms with van der Waals surface area (Å²) in [7, 11) is 0. The zero-order chi connectivity index (χ0) is 32.5. The van der Waals surface area contributed by atoms with Crippen LogP contribution in [0.3, 0.4) is 0 Å². The summed E-state index contributed by atoms with van der Waals surface area (Å²) in [5.41, 5.74) is 4.95. The number of primary amides is 1. The van der Waals surface area contributed by atoms with Crippen molar-refractivity contribution in [3.8, 4) is 5.75 Å². The number of alkyl halides is 4. The van der Waals surface area contributed by atoms with E-state index >= 15 is 4.48 Å². The monoisotopic (exact) mass is 636 g/mol. The molecule has 2 aromatic heterocycles. The van der Waals surface area contributed by atoms with Crippen LogP contribution in [0.5, 0.6) is 5.75 Å². The first kappa shape index (κ1) is 30.7. The Morgan fingerprint density at radius 2 is 1.89 bits per heavy atom. The van der Waals surface area contributed by atoms with Crippen LogP contribution in [0.2, 0.25) is 0 Å². The number of hydrogen-bond donors (Lipinski definition) is 3. The van der Waals surface area contributed by atoms with Gasteiger partial charge in [0.15, 0.2) is 11.5 Å². The summed E-state index contributed by atoms with van der Waals surface area (Å²) < 4.78 is 76.7. The van der Waals surface area contributed by atoms with Crippen molar-refractivity contribution in [3.63, 3.8) is 0 Å². The second-order valence-corrected chi connectivity index (χ2v) is 9.63. The lowest BCUT2D eigenvalue weighted by Crippen LogP contribution is -2.46. The van der Waals surface area contributed by atoms with Crippen LogP contribution in [-0.4, -0.2) is 68.7 Å². The Morgan fingerprint density at radius 1 is 1.11 bits per heavy atom. The highest BCUT2D eigenvalue weighted by atomic mass is 19.4. The number of ether oxygens (including phenoxy) is 1. The minimum absolute atomic E-state index is 0.131. The number of hydrogen-bond acceptors (Lipinski definition) is 8. The molecule has 1 aliphatic rings. The molecule has 5 amide bonds. The summed E-state index contributed by atoms with van der Waals surface area (Å²) in [5, 5.41) is 12.2. The number of benzene rings is 2. The van der Waals surface area contributed by atoms with E-state index in [4.69, 9.17) is 5.73 Å². The quantitative estimate of drug-likeness (QED) is 0.194. The zero-order valence-corrected chi connectivity index (χ0v) is 22.6. The fourth-order valence-corrected chi connectivity index (χ4v) is 4.69. The van der Waals surface area contributed by atoms with E-state index in [0.29, 0.717) is 6.07 Å². The van der Waals surface area contributed by atoms with Gasteiger partial charge in [-0.1, -0.05) is 15.7 Å². The summed E-state index contributed by atoms with van der Waals surface area (Å²) in [6.07, 6.45) is -6.13. The first-order valence-corrected chi connectivity index (χ1v) is 12.9. The number of amides is 5. The summed E-state index contributed by atoms with van der Waals surface area (Å²) in [6, 6.07) is 6.75. The number of fused-ring (bicyclic) bond motifs is 1. The molecular formula is C26H21F5N8O6. The predicted octanol–water partition coefficient (Wildman–Crippen LogP) is 3.52. The molecule has 0 radical (unpaired) electrons. The van der Waals surface area contributed by atoms with Crippen molar-refractivity contribution >= 4 is 51.8 Å². The Hall–Kier alpha value is -5.75. The van der Waals surface area contributed by atoms with Crippen LogP contribution < -0.4 is 26.2 Å². The van der Waals surface area contributed by atoms with E-state index in [2.05, 4.69) is 30.1 Å². The standard InChI is InChI=1S/C26H21F5N8O6/c27-13-8-19(24(42)39(31)15-2-1-3-16(10-15)45-26(28,29)30)37(11-13)21(40)12-38-18-5-4-14(9-17(18)22(35-38)23(32)41)33-25(43)34-20-6-7-44-36-20/h1-7,9-10,13,19H,8,11-12H2,(H2,32,41)(H2,33,34,36,43)/t13-,19+/m1/s1. The third-order valence-electron chi connectivity index (χ3n) is 6.53. The third kappa shape index (κ3) is 6.92. The molecule has 5 rings (SSSR count). The van der Waals surface area contributed by atoms with Gasteiger partial charge in [0.2, 0.25) is 5.91 Å². The third-order valence-corrected chi connectivity index (χ3v) is 6.53. The van der Waals surface area contributed by atoms with E-state index < -0.39 is 78.4 Å². The number of anilines is 3. The Morgan fingerprint density at radius 3 is 2.58 bits per heavy atom. The van der Waals surface area contributed by atoms with Gasteiger partial charge in [-0.3, -0.25) is 24.4 Å². The number of likely N-dealkylation sites (tertiary alicyclic amines) is 1. The van der Waals surface area contributed by atoms with E-state index in [1.165, 1.54) is 30.5 Å². The highest BCUT2D eigenvalue weighted by molar-refractivity contribution is 6.07. The van der Waals surface area contributed by atoms with Crippen LogP contribution >= 0.6 is 0 Å². The van der Waals surface area contributed by atoms with Crippen molar-refractivity contribution in [2.75, 3.05) is 22.3 Å². The van der Waals surface area contributed by atoms with Crippen molar-refractivity contribution in [2.24, 2.45) is 5.73 Å². The van der Waals surface area contributed by atoms with E-state index in [9.17, 15) is 36.7 Å². The SMILES string of the molecule is NC(=O)c1nn(CC(=O)N2C[C@H](F)C[C@H]2C(=O)N(F)c2cccc(OC(F)(F)F)c2)c2ccc(NC(=O)Nc3ccon3)cc12. The predicted molar refractivity (Wildman–Crippen MR) is 144 cm³/mol. The molecular weight excluding hydrogens is 615 g/mol. The Kier molecular flexibility index (Phi) is 8.25. The summed E-state index contributed by atoms with van der Waals surface area (Å²) in [4.78, 5) is 51.4. The minimum Gasteiger partial charge on any atom is -0.406 e. The van der Waals surface area contributed by atoms with Crippen LogP contribution in [0.4, 0.5) is 44.0 Å². The van der Waals surface area contributed by atoms with Crippen LogP contribution in [0, 0.1) is 0 Å². The Labute approximate surface area is 248 Å². The molecule has 0 unspecified atom stereocenters. The average Bonchev–Trinajstić information content (AvgIpc) is 3.70. The molecule has 14 nitrogen and oxygen atoms in total. The lowest BCUT2D eigenvalue weighted by Gasteiger charge is -2.25. The molecule has 0 spiro atoms. The molecule has 45 heavy (non-hydrogen) atoms. The van der Waals surface area contributed by atoms with Gasteiger partial charge in [-0.15, -0.1) is 18.3 Å². The zero-order valence-electron chi connectivity index (χ0n) is 22.6. The van der Waals surface area contributed by atoms with Crippen LogP contribution in [-0.2, 0) is 16.1 Å². The van der Waals surface area contributed by atoms with Crippen molar-refractivity contribution in [3.05, 3.63) is 60.5 Å². The number of carbonyl (C=O) groups is 4. The van der Waals surface area contributed by atoms with Gasteiger partial charge in [-0.05, 0) is 30.3 Å². The molecule has 0 bridgehead atoms. The smallest absolute Gasteiger partial charge is 0.406 e. The number of nitrogens with two attached hydrogens (primary N) is 1. The van der Waals surface area contributed by atoms with Gasteiger partial charge < -0.3 is 25.2 Å².